The van der Waals surface area contributed by atoms with Gasteiger partial charge in [0, 0.05) is 49.9 Å². The summed E-state index contributed by atoms with van der Waals surface area (Å²) in [7, 11) is 2.15. The summed E-state index contributed by atoms with van der Waals surface area (Å²) >= 11 is 1.56. The quantitative estimate of drug-likeness (QED) is 0.770. The number of hydrogen-bond acceptors (Lipinski definition) is 5. The number of piperazine rings is 1. The van der Waals surface area contributed by atoms with Gasteiger partial charge in [0.05, 0.1) is 5.75 Å². The van der Waals surface area contributed by atoms with E-state index in [9.17, 15) is 4.79 Å². The van der Waals surface area contributed by atoms with Gasteiger partial charge in [-0.15, -0.1) is 0 Å². The number of benzene rings is 1. The standard InChI is InChI=1S/C15H24N4OS/c1-18-7-9-19(10-8-18)14-4-2-13(3-5-14)17-15(20)12-21-11-6-16/h2-5H,6-12,16H2,1H3,(H,17,20). The van der Waals surface area contributed by atoms with Gasteiger partial charge < -0.3 is 20.9 Å². The van der Waals surface area contributed by atoms with Gasteiger partial charge in [-0.3, -0.25) is 4.79 Å². The molecule has 0 saturated carbocycles. The second kappa shape index (κ2) is 8.26. The number of anilines is 2. The lowest BCUT2D eigenvalue weighted by Gasteiger charge is -2.34. The van der Waals surface area contributed by atoms with Crippen LogP contribution in [0.25, 0.3) is 0 Å². The number of nitrogens with one attached hydrogen (secondary N) is 1. The second-order valence-electron chi connectivity index (χ2n) is 5.23. The molecule has 2 rings (SSSR count). The molecule has 21 heavy (non-hydrogen) atoms. The molecule has 1 heterocycles. The van der Waals surface area contributed by atoms with Crippen LogP contribution in [0.15, 0.2) is 24.3 Å². The highest BCUT2D eigenvalue weighted by atomic mass is 32.2. The van der Waals surface area contributed by atoms with Crippen molar-refractivity contribution in [3.8, 4) is 0 Å². The predicted molar refractivity (Wildman–Crippen MR) is 91.2 cm³/mol. The van der Waals surface area contributed by atoms with E-state index in [-0.39, 0.29) is 5.91 Å². The van der Waals surface area contributed by atoms with Crippen molar-refractivity contribution in [1.29, 1.82) is 0 Å². The van der Waals surface area contributed by atoms with Crippen LogP contribution < -0.4 is 16.0 Å². The van der Waals surface area contributed by atoms with E-state index in [1.165, 1.54) is 5.69 Å². The monoisotopic (exact) mass is 308 g/mol. The van der Waals surface area contributed by atoms with Gasteiger partial charge in [-0.1, -0.05) is 0 Å². The molecule has 1 aliphatic heterocycles. The van der Waals surface area contributed by atoms with Crippen molar-refractivity contribution in [3.05, 3.63) is 24.3 Å². The molecular weight excluding hydrogens is 284 g/mol. The Morgan fingerprint density at radius 2 is 1.90 bits per heavy atom. The SMILES string of the molecule is CN1CCN(c2ccc(NC(=O)CSCCN)cc2)CC1. The highest BCUT2D eigenvalue weighted by Crippen LogP contribution is 2.19. The summed E-state index contributed by atoms with van der Waals surface area (Å²) in [5, 5.41) is 2.91. The molecule has 0 bridgehead atoms. The zero-order chi connectivity index (χ0) is 15.1. The zero-order valence-corrected chi connectivity index (χ0v) is 13.4. The lowest BCUT2D eigenvalue weighted by molar-refractivity contribution is -0.113. The Bertz CT molecular complexity index is 443. The first-order chi connectivity index (χ1) is 10.2. The molecule has 0 unspecified atom stereocenters. The second-order valence-corrected chi connectivity index (χ2v) is 6.33. The third kappa shape index (κ3) is 5.22. The number of carbonyl (C=O) groups is 1. The molecule has 1 saturated heterocycles. The number of rotatable bonds is 6. The summed E-state index contributed by atoms with van der Waals surface area (Å²) in [4.78, 5) is 16.4. The van der Waals surface area contributed by atoms with E-state index in [2.05, 4.69) is 34.3 Å². The number of carbonyl (C=O) groups excluding carboxylic acids is 1. The maximum Gasteiger partial charge on any atom is 0.234 e. The van der Waals surface area contributed by atoms with Crippen molar-refractivity contribution in [1.82, 2.24) is 4.90 Å². The number of hydrogen-bond donors (Lipinski definition) is 2. The third-order valence-electron chi connectivity index (χ3n) is 3.51. The maximum absolute atomic E-state index is 11.7. The average molecular weight is 308 g/mol. The van der Waals surface area contributed by atoms with E-state index < -0.39 is 0 Å². The van der Waals surface area contributed by atoms with Gasteiger partial charge in [0.1, 0.15) is 0 Å². The molecule has 0 spiro atoms. The molecule has 6 heteroatoms. The molecule has 1 aromatic carbocycles. The van der Waals surface area contributed by atoms with E-state index in [1.54, 1.807) is 11.8 Å². The number of nitrogens with zero attached hydrogens (tertiary/aromatic N) is 2. The fourth-order valence-corrected chi connectivity index (χ4v) is 2.83. The normalized spacial score (nSPS) is 16.0. The highest BCUT2D eigenvalue weighted by Gasteiger charge is 2.14. The minimum Gasteiger partial charge on any atom is -0.369 e. The summed E-state index contributed by atoms with van der Waals surface area (Å²) in [6.07, 6.45) is 0. The van der Waals surface area contributed by atoms with Gasteiger partial charge in [-0.25, -0.2) is 0 Å². The van der Waals surface area contributed by atoms with E-state index in [1.807, 2.05) is 12.1 Å². The zero-order valence-electron chi connectivity index (χ0n) is 12.5. The van der Waals surface area contributed by atoms with Gasteiger partial charge in [0.15, 0.2) is 0 Å². The number of thioether (sulfide) groups is 1. The van der Waals surface area contributed by atoms with Crippen LogP contribution in [-0.4, -0.2) is 62.1 Å². The van der Waals surface area contributed by atoms with E-state index in [4.69, 9.17) is 5.73 Å². The molecule has 0 aliphatic carbocycles. The Labute approximate surface area is 130 Å². The Balaban J connectivity index is 1.83. The van der Waals surface area contributed by atoms with Crippen LogP contribution >= 0.6 is 11.8 Å². The fraction of sp³-hybridized carbons (Fsp3) is 0.533. The first-order valence-electron chi connectivity index (χ1n) is 7.30. The molecule has 0 radical (unpaired) electrons. The Morgan fingerprint density at radius 3 is 2.52 bits per heavy atom. The molecule has 3 N–H and O–H groups in total. The smallest absolute Gasteiger partial charge is 0.234 e. The van der Waals surface area contributed by atoms with Crippen LogP contribution in [0.4, 0.5) is 11.4 Å². The first kappa shape index (κ1) is 16.1. The summed E-state index contributed by atoms with van der Waals surface area (Å²) in [6.45, 7) is 4.90. The molecule has 1 amide bonds. The molecule has 5 nitrogen and oxygen atoms in total. The molecular formula is C15H24N4OS. The number of amides is 1. The van der Waals surface area contributed by atoms with Crippen LogP contribution in [0.2, 0.25) is 0 Å². The Hall–Kier alpha value is -1.24. The van der Waals surface area contributed by atoms with Crippen molar-refractivity contribution in [2.45, 2.75) is 0 Å². The van der Waals surface area contributed by atoms with Crippen LogP contribution in [0.5, 0.6) is 0 Å². The van der Waals surface area contributed by atoms with E-state index >= 15 is 0 Å². The topological polar surface area (TPSA) is 61.6 Å². The van der Waals surface area contributed by atoms with Gasteiger partial charge >= 0.3 is 0 Å². The maximum atomic E-state index is 11.7. The van der Waals surface area contributed by atoms with Gasteiger partial charge in [-0.05, 0) is 31.3 Å². The van der Waals surface area contributed by atoms with Crippen molar-refractivity contribution in [2.24, 2.45) is 5.73 Å². The van der Waals surface area contributed by atoms with Gasteiger partial charge in [0.2, 0.25) is 5.91 Å². The van der Waals surface area contributed by atoms with Crippen molar-refractivity contribution >= 4 is 29.0 Å². The molecule has 0 aromatic heterocycles. The van der Waals surface area contributed by atoms with E-state index in [0.29, 0.717) is 12.3 Å². The van der Waals surface area contributed by atoms with Gasteiger partial charge in [0.25, 0.3) is 0 Å². The van der Waals surface area contributed by atoms with Crippen LogP contribution in [-0.2, 0) is 4.79 Å². The summed E-state index contributed by atoms with van der Waals surface area (Å²) in [5.41, 5.74) is 7.48. The molecule has 116 valence electrons. The third-order valence-corrected chi connectivity index (χ3v) is 4.51. The molecule has 0 atom stereocenters. The summed E-state index contributed by atoms with van der Waals surface area (Å²) in [6, 6.07) is 8.10. The van der Waals surface area contributed by atoms with E-state index in [0.717, 1.165) is 37.6 Å². The summed E-state index contributed by atoms with van der Waals surface area (Å²) in [5.74, 6) is 1.30. The largest absolute Gasteiger partial charge is 0.369 e. The minimum absolute atomic E-state index is 0.0285. The van der Waals surface area contributed by atoms with Crippen molar-refractivity contribution in [3.63, 3.8) is 0 Å². The highest BCUT2D eigenvalue weighted by molar-refractivity contribution is 7.99. The molecule has 1 aromatic rings. The lowest BCUT2D eigenvalue weighted by atomic mass is 10.2. The summed E-state index contributed by atoms with van der Waals surface area (Å²) < 4.78 is 0. The lowest BCUT2D eigenvalue weighted by Crippen LogP contribution is -2.44. The van der Waals surface area contributed by atoms with Gasteiger partial charge in [-0.2, -0.15) is 11.8 Å². The van der Waals surface area contributed by atoms with Crippen molar-refractivity contribution in [2.75, 3.05) is 61.5 Å². The van der Waals surface area contributed by atoms with Crippen LogP contribution in [0, 0.1) is 0 Å². The fourth-order valence-electron chi connectivity index (χ4n) is 2.27. The number of likely N-dealkylation sites (N-methyl/N-ethyl adjacent to an activating group) is 1. The molecule has 1 aliphatic rings. The average Bonchev–Trinajstić information content (AvgIpc) is 2.49. The molecule has 1 fully saturated rings. The number of nitrogens with two attached hydrogens (primary N) is 1. The van der Waals surface area contributed by atoms with Crippen LogP contribution in [0.1, 0.15) is 0 Å². The Morgan fingerprint density at radius 1 is 1.24 bits per heavy atom. The Kier molecular flexibility index (Phi) is 6.35. The van der Waals surface area contributed by atoms with Crippen molar-refractivity contribution < 1.29 is 4.79 Å². The minimum atomic E-state index is 0.0285. The first-order valence-corrected chi connectivity index (χ1v) is 8.46. The van der Waals surface area contributed by atoms with Crippen LogP contribution in [0.3, 0.4) is 0 Å². The predicted octanol–water partition coefficient (Wildman–Crippen LogP) is 1.07.